The van der Waals surface area contributed by atoms with E-state index in [0.717, 1.165) is 42.2 Å². The molecule has 4 nitrogen and oxygen atoms in total. The average molecular weight is 414 g/mol. The van der Waals surface area contributed by atoms with Gasteiger partial charge in [0.05, 0.1) is 11.4 Å². The quantitative estimate of drug-likeness (QED) is 0.634. The fourth-order valence-electron chi connectivity index (χ4n) is 5.08. The number of carbonyl (C=O) groups excluding carboxylic acids is 1. The molecule has 2 aromatic carbocycles. The largest absolute Gasteiger partial charge is 0.367 e. The van der Waals surface area contributed by atoms with Crippen molar-refractivity contribution in [2.24, 2.45) is 10.5 Å². The summed E-state index contributed by atoms with van der Waals surface area (Å²) in [4.78, 5) is 16.2. The summed E-state index contributed by atoms with van der Waals surface area (Å²) in [5.74, 6) is 0.0600. The molecule has 3 aliphatic heterocycles. The number of rotatable bonds is 1. The maximum Gasteiger partial charge on any atom is 0.261 e. The lowest BCUT2D eigenvalue weighted by Crippen LogP contribution is -2.61. The van der Waals surface area contributed by atoms with Gasteiger partial charge in [0.15, 0.2) is 0 Å². The Hall–Kier alpha value is -2.04. The Morgan fingerprint density at radius 2 is 1.82 bits per heavy atom. The van der Waals surface area contributed by atoms with Gasteiger partial charge in [-0.2, -0.15) is 10.1 Å². The molecule has 2 aromatic rings. The average Bonchev–Trinajstić information content (AvgIpc) is 2.95. The van der Waals surface area contributed by atoms with Crippen molar-refractivity contribution < 1.29 is 4.79 Å². The molecule has 144 valence electrons. The highest BCUT2D eigenvalue weighted by atomic mass is 35.5. The van der Waals surface area contributed by atoms with E-state index in [2.05, 4.69) is 11.0 Å². The first-order valence-electron chi connectivity index (χ1n) is 9.71. The summed E-state index contributed by atoms with van der Waals surface area (Å²) in [6.07, 6.45) is 3.90. The van der Waals surface area contributed by atoms with Gasteiger partial charge in [0.25, 0.3) is 5.91 Å². The van der Waals surface area contributed by atoms with E-state index in [1.165, 1.54) is 11.3 Å². The summed E-state index contributed by atoms with van der Waals surface area (Å²) in [6, 6.07) is 13.4. The Bertz CT molecular complexity index is 988. The van der Waals surface area contributed by atoms with E-state index in [4.69, 9.17) is 28.3 Å². The summed E-state index contributed by atoms with van der Waals surface area (Å²) in [5, 5.41) is 7.69. The summed E-state index contributed by atoms with van der Waals surface area (Å²) >= 11 is 12.3. The van der Waals surface area contributed by atoms with Gasteiger partial charge in [0, 0.05) is 28.3 Å². The Morgan fingerprint density at radius 3 is 2.61 bits per heavy atom. The van der Waals surface area contributed by atoms with Crippen LogP contribution in [0.3, 0.4) is 0 Å². The van der Waals surface area contributed by atoms with Crippen molar-refractivity contribution in [3.63, 3.8) is 0 Å². The van der Waals surface area contributed by atoms with Gasteiger partial charge in [0.1, 0.15) is 5.41 Å². The maximum atomic E-state index is 13.8. The number of benzene rings is 2. The zero-order valence-electron chi connectivity index (χ0n) is 15.7. The van der Waals surface area contributed by atoms with E-state index in [0.29, 0.717) is 11.4 Å². The van der Waals surface area contributed by atoms with Crippen molar-refractivity contribution in [2.75, 3.05) is 16.5 Å². The lowest BCUT2D eigenvalue weighted by molar-refractivity contribution is -0.125. The third-order valence-corrected chi connectivity index (χ3v) is 6.93. The van der Waals surface area contributed by atoms with Crippen molar-refractivity contribution in [3.8, 4) is 0 Å². The second-order valence-corrected chi connectivity index (χ2v) is 8.78. The summed E-state index contributed by atoms with van der Waals surface area (Å²) in [7, 11) is 0. The summed E-state index contributed by atoms with van der Waals surface area (Å²) in [6.45, 7) is 2.95. The molecule has 0 saturated carbocycles. The minimum atomic E-state index is -0.624. The molecule has 5 rings (SSSR count). The number of amides is 1. The molecule has 0 aliphatic carbocycles. The number of anilines is 2. The molecule has 28 heavy (non-hydrogen) atoms. The predicted molar refractivity (Wildman–Crippen MR) is 115 cm³/mol. The standard InChI is InChI=1S/C22H21Cl2N3O/c1-14-22(21(28)27(25-14)18-9-7-16(23)8-10-18)13-15-5-6-17(24)12-19(15)26-11-3-2-4-20(22)26/h5-10,12,20H,2-4,11,13H2,1H3/t20-,22-/m0/s1. The maximum absolute atomic E-state index is 13.8. The lowest BCUT2D eigenvalue weighted by atomic mass is 9.66. The van der Waals surface area contributed by atoms with E-state index in [1.807, 2.05) is 31.2 Å². The molecule has 1 amide bonds. The van der Waals surface area contributed by atoms with Crippen molar-refractivity contribution in [3.05, 3.63) is 58.1 Å². The van der Waals surface area contributed by atoms with Gasteiger partial charge in [-0.15, -0.1) is 0 Å². The van der Waals surface area contributed by atoms with Gasteiger partial charge >= 0.3 is 0 Å². The smallest absolute Gasteiger partial charge is 0.261 e. The molecule has 0 unspecified atom stereocenters. The monoisotopic (exact) mass is 413 g/mol. The SMILES string of the molecule is CC1=NN(c2ccc(Cl)cc2)C(=O)[C@@]12Cc1ccc(Cl)cc1N1CCCC[C@H]12. The third-order valence-electron chi connectivity index (χ3n) is 6.44. The summed E-state index contributed by atoms with van der Waals surface area (Å²) in [5.41, 5.74) is 3.37. The molecule has 1 spiro atoms. The normalized spacial score (nSPS) is 26.3. The number of piperidine rings is 1. The van der Waals surface area contributed by atoms with Crippen LogP contribution in [0, 0.1) is 5.41 Å². The summed E-state index contributed by atoms with van der Waals surface area (Å²) < 4.78 is 0. The van der Waals surface area contributed by atoms with Gasteiger partial charge in [-0.05, 0) is 74.6 Å². The Morgan fingerprint density at radius 1 is 1.07 bits per heavy atom. The molecular weight excluding hydrogens is 393 g/mol. The molecule has 6 heteroatoms. The number of hydrazone groups is 1. The van der Waals surface area contributed by atoms with Gasteiger partial charge < -0.3 is 4.90 Å². The van der Waals surface area contributed by atoms with Crippen molar-refractivity contribution in [1.29, 1.82) is 0 Å². The first kappa shape index (κ1) is 18.0. The zero-order chi connectivity index (χ0) is 19.5. The number of hydrogen-bond acceptors (Lipinski definition) is 3. The highest BCUT2D eigenvalue weighted by Gasteiger charge is 2.59. The molecular formula is C22H21Cl2N3O. The second-order valence-electron chi connectivity index (χ2n) is 7.90. The molecule has 0 bridgehead atoms. The van der Waals surface area contributed by atoms with Crippen LogP contribution < -0.4 is 9.91 Å². The van der Waals surface area contributed by atoms with Crippen LogP contribution in [0.25, 0.3) is 0 Å². The lowest BCUT2D eigenvalue weighted by Gasteiger charge is -2.51. The van der Waals surface area contributed by atoms with E-state index < -0.39 is 5.41 Å². The first-order chi connectivity index (χ1) is 13.5. The molecule has 1 saturated heterocycles. The number of carbonyl (C=O) groups is 1. The van der Waals surface area contributed by atoms with Gasteiger partial charge in [-0.25, -0.2) is 0 Å². The Balaban J connectivity index is 1.62. The molecule has 2 atom stereocenters. The van der Waals surface area contributed by atoms with E-state index >= 15 is 0 Å². The van der Waals surface area contributed by atoms with Crippen molar-refractivity contribution in [2.45, 2.75) is 38.6 Å². The first-order valence-corrected chi connectivity index (χ1v) is 10.5. The fraction of sp³-hybridized carbons (Fsp3) is 0.364. The van der Waals surface area contributed by atoms with E-state index in [9.17, 15) is 4.79 Å². The second kappa shape index (κ2) is 6.50. The molecule has 0 aromatic heterocycles. The van der Waals surface area contributed by atoms with Crippen LogP contribution in [0.2, 0.25) is 10.0 Å². The van der Waals surface area contributed by atoms with E-state index in [1.54, 1.807) is 17.1 Å². The molecule has 3 aliphatic rings. The number of nitrogens with zero attached hydrogens (tertiary/aromatic N) is 3. The van der Waals surface area contributed by atoms with Gasteiger partial charge in [0.2, 0.25) is 0 Å². The Kier molecular flexibility index (Phi) is 4.18. The molecule has 3 heterocycles. The molecule has 0 radical (unpaired) electrons. The van der Waals surface area contributed by atoms with Crippen LogP contribution in [0.4, 0.5) is 11.4 Å². The minimum Gasteiger partial charge on any atom is -0.367 e. The fourth-order valence-corrected chi connectivity index (χ4v) is 5.37. The van der Waals surface area contributed by atoms with Crippen LogP contribution in [0.5, 0.6) is 0 Å². The number of halogens is 2. The van der Waals surface area contributed by atoms with Gasteiger partial charge in [-0.3, -0.25) is 4.79 Å². The highest BCUT2D eigenvalue weighted by Crippen LogP contribution is 2.50. The van der Waals surface area contributed by atoms with Crippen LogP contribution >= 0.6 is 23.2 Å². The Labute approximate surface area is 174 Å². The zero-order valence-corrected chi connectivity index (χ0v) is 17.2. The minimum absolute atomic E-state index is 0.0600. The predicted octanol–water partition coefficient (Wildman–Crippen LogP) is 5.32. The topological polar surface area (TPSA) is 35.9 Å². The van der Waals surface area contributed by atoms with Crippen molar-refractivity contribution in [1.82, 2.24) is 0 Å². The van der Waals surface area contributed by atoms with Crippen LogP contribution in [0.15, 0.2) is 47.6 Å². The van der Waals surface area contributed by atoms with Crippen LogP contribution in [-0.2, 0) is 11.2 Å². The number of fused-ring (bicyclic) bond motifs is 4. The number of hydrogen-bond donors (Lipinski definition) is 0. The highest BCUT2D eigenvalue weighted by molar-refractivity contribution is 6.31. The third kappa shape index (κ3) is 2.51. The van der Waals surface area contributed by atoms with Gasteiger partial charge in [-0.1, -0.05) is 29.3 Å². The van der Waals surface area contributed by atoms with E-state index in [-0.39, 0.29) is 11.9 Å². The van der Waals surface area contributed by atoms with Crippen LogP contribution in [-0.4, -0.2) is 24.2 Å². The molecule has 0 N–H and O–H groups in total. The van der Waals surface area contributed by atoms with Crippen molar-refractivity contribution >= 4 is 46.2 Å². The molecule has 1 fully saturated rings. The van der Waals surface area contributed by atoms with Crippen LogP contribution in [0.1, 0.15) is 31.7 Å².